The molecule has 0 spiro atoms. The molecule has 3 aromatic carbocycles. The molecule has 5 aromatic rings. The predicted molar refractivity (Wildman–Crippen MR) is 136 cm³/mol. The van der Waals surface area contributed by atoms with E-state index in [9.17, 15) is 9.90 Å². The van der Waals surface area contributed by atoms with Crippen LogP contribution in [0.4, 0.5) is 0 Å². The Hall–Kier alpha value is -4.58. The molecule has 0 atom stereocenters. The Labute approximate surface area is 209 Å². The lowest BCUT2D eigenvalue weighted by Crippen LogP contribution is -2.38. The zero-order valence-electron chi connectivity index (χ0n) is 20.2. The number of ether oxygens (including phenoxy) is 2. The summed E-state index contributed by atoms with van der Waals surface area (Å²) in [6, 6.07) is 28.0. The zero-order chi connectivity index (χ0) is 25.1. The van der Waals surface area contributed by atoms with Crippen LogP contribution in [0, 0.1) is 6.92 Å². The van der Waals surface area contributed by atoms with Crippen molar-refractivity contribution in [1.29, 1.82) is 0 Å². The lowest BCUT2D eigenvalue weighted by atomic mass is 10.1. The number of fused-ring (bicyclic) bond motifs is 1. The molecule has 0 radical (unpaired) electrons. The van der Waals surface area contributed by atoms with Gasteiger partial charge in [0.2, 0.25) is 0 Å². The maximum Gasteiger partial charge on any atom is 0.341 e. The topological polar surface area (TPSA) is 67.6 Å². The van der Waals surface area contributed by atoms with E-state index in [1.54, 1.807) is 23.8 Å². The Kier molecular flexibility index (Phi) is 6.41. The van der Waals surface area contributed by atoms with Gasteiger partial charge >= 0.3 is 5.56 Å². The standard InChI is InChI=1S/C30H26N2O4/c1-21-29(24-12-14-25(33)15-13-24)31-17-7-6-10-28(31)32(30(21)34)19-23-11-16-26(27(18-23)35-2)36-20-22-8-4-3-5-9-22/h3-18H,19-20H2,1-2H3. The second-order valence-corrected chi connectivity index (χ2v) is 8.58. The molecule has 36 heavy (non-hydrogen) atoms. The van der Waals surface area contributed by atoms with Crippen molar-refractivity contribution in [3.63, 3.8) is 0 Å². The van der Waals surface area contributed by atoms with E-state index in [1.807, 2.05) is 84.3 Å². The van der Waals surface area contributed by atoms with Gasteiger partial charge in [-0.2, -0.15) is 8.97 Å². The number of methoxy groups -OCH3 is 1. The molecule has 2 aromatic heterocycles. The molecule has 180 valence electrons. The molecular formula is C30H26N2O4. The van der Waals surface area contributed by atoms with E-state index in [0.29, 0.717) is 30.2 Å². The van der Waals surface area contributed by atoms with Crippen LogP contribution in [0.1, 0.15) is 16.7 Å². The van der Waals surface area contributed by atoms with Crippen LogP contribution in [0.2, 0.25) is 0 Å². The summed E-state index contributed by atoms with van der Waals surface area (Å²) in [5, 5.41) is 11.6. The molecule has 0 N–H and O–H groups in total. The second kappa shape index (κ2) is 9.96. The lowest BCUT2D eigenvalue weighted by molar-refractivity contribution is -0.504. The summed E-state index contributed by atoms with van der Waals surface area (Å²) in [7, 11) is 1.61. The normalized spacial score (nSPS) is 10.9. The number of hydrogen-bond donors (Lipinski definition) is 0. The molecule has 0 saturated carbocycles. The molecule has 6 heteroatoms. The predicted octanol–water partition coefficient (Wildman–Crippen LogP) is 4.27. The van der Waals surface area contributed by atoms with Crippen molar-refractivity contribution >= 4 is 5.65 Å². The largest absolute Gasteiger partial charge is 0.872 e. The lowest BCUT2D eigenvalue weighted by Gasteiger charge is -2.14. The van der Waals surface area contributed by atoms with E-state index in [1.165, 1.54) is 12.1 Å². The van der Waals surface area contributed by atoms with E-state index >= 15 is 0 Å². The van der Waals surface area contributed by atoms with Crippen molar-refractivity contribution in [3.8, 4) is 28.5 Å². The van der Waals surface area contributed by atoms with Gasteiger partial charge in [-0.25, -0.2) is 4.79 Å². The summed E-state index contributed by atoms with van der Waals surface area (Å²) < 4.78 is 15.3. The van der Waals surface area contributed by atoms with Crippen LogP contribution in [0.15, 0.2) is 102 Å². The Morgan fingerprint density at radius 1 is 0.861 bits per heavy atom. The maximum absolute atomic E-state index is 13.6. The third-order valence-corrected chi connectivity index (χ3v) is 6.21. The number of rotatable bonds is 7. The summed E-state index contributed by atoms with van der Waals surface area (Å²) in [5.41, 5.74) is 4.83. The smallest absolute Gasteiger partial charge is 0.341 e. The van der Waals surface area contributed by atoms with Gasteiger partial charge in [-0.1, -0.05) is 66.7 Å². The van der Waals surface area contributed by atoms with Crippen molar-refractivity contribution in [3.05, 3.63) is 124 Å². The minimum Gasteiger partial charge on any atom is -0.872 e. The summed E-state index contributed by atoms with van der Waals surface area (Å²) in [4.78, 5) is 13.6. The van der Waals surface area contributed by atoms with Gasteiger partial charge in [0.15, 0.2) is 17.2 Å². The Bertz CT molecular complexity index is 1580. The SMILES string of the molecule is COc1cc(Cn2c(=O)c(C)c(-c3ccc([O-])cc3)[n+]3ccccc23)ccc1OCc1ccccc1. The van der Waals surface area contributed by atoms with Crippen LogP contribution >= 0.6 is 0 Å². The van der Waals surface area contributed by atoms with Gasteiger partial charge in [-0.3, -0.25) is 0 Å². The van der Waals surface area contributed by atoms with Gasteiger partial charge in [0.1, 0.15) is 13.2 Å². The van der Waals surface area contributed by atoms with Crippen LogP contribution in [-0.4, -0.2) is 11.7 Å². The number of aromatic nitrogens is 2. The molecule has 2 heterocycles. The Morgan fingerprint density at radius 3 is 2.36 bits per heavy atom. The van der Waals surface area contributed by atoms with Crippen molar-refractivity contribution in [2.45, 2.75) is 20.1 Å². The maximum atomic E-state index is 13.6. The first-order valence-electron chi connectivity index (χ1n) is 11.7. The van der Waals surface area contributed by atoms with E-state index in [-0.39, 0.29) is 11.3 Å². The van der Waals surface area contributed by atoms with Crippen LogP contribution in [0.5, 0.6) is 17.2 Å². The third-order valence-electron chi connectivity index (χ3n) is 6.21. The van der Waals surface area contributed by atoms with E-state index in [4.69, 9.17) is 9.47 Å². The molecule has 0 aliphatic rings. The Morgan fingerprint density at radius 2 is 1.61 bits per heavy atom. The van der Waals surface area contributed by atoms with Crippen molar-refractivity contribution in [1.82, 2.24) is 4.57 Å². The minimum atomic E-state index is -0.0919. The van der Waals surface area contributed by atoms with Gasteiger partial charge < -0.3 is 14.6 Å². The Balaban J connectivity index is 1.51. The fourth-order valence-electron chi connectivity index (χ4n) is 4.40. The highest BCUT2D eigenvalue weighted by Gasteiger charge is 2.22. The van der Waals surface area contributed by atoms with E-state index in [2.05, 4.69) is 0 Å². The van der Waals surface area contributed by atoms with Crippen molar-refractivity contribution in [2.75, 3.05) is 7.11 Å². The summed E-state index contributed by atoms with van der Waals surface area (Å²) in [6.07, 6.45) is 1.93. The van der Waals surface area contributed by atoms with Crippen molar-refractivity contribution < 1.29 is 19.0 Å². The number of benzene rings is 3. The summed E-state index contributed by atoms with van der Waals surface area (Å²) in [5.74, 6) is 1.19. The van der Waals surface area contributed by atoms with Crippen molar-refractivity contribution in [2.24, 2.45) is 0 Å². The zero-order valence-corrected chi connectivity index (χ0v) is 20.2. The molecule has 0 amide bonds. The number of pyridine rings is 1. The molecule has 5 rings (SSSR count). The molecule has 0 aliphatic heterocycles. The molecule has 0 fully saturated rings. The van der Waals surface area contributed by atoms with Gasteiger partial charge in [-0.15, -0.1) is 5.75 Å². The highest BCUT2D eigenvalue weighted by atomic mass is 16.5. The van der Waals surface area contributed by atoms with Gasteiger partial charge in [-0.05, 0) is 36.2 Å². The van der Waals surface area contributed by atoms with Gasteiger partial charge in [0.25, 0.3) is 5.65 Å². The highest BCUT2D eigenvalue weighted by Crippen LogP contribution is 2.29. The average molecular weight is 479 g/mol. The van der Waals surface area contributed by atoms with Crippen LogP contribution in [0.3, 0.4) is 0 Å². The molecule has 0 unspecified atom stereocenters. The highest BCUT2D eigenvalue weighted by molar-refractivity contribution is 5.61. The van der Waals surface area contributed by atoms with Crippen LogP contribution < -0.4 is 24.5 Å². The molecule has 0 bridgehead atoms. The summed E-state index contributed by atoms with van der Waals surface area (Å²) in [6.45, 7) is 2.62. The van der Waals surface area contributed by atoms with E-state index in [0.717, 1.165) is 28.0 Å². The molecule has 0 aliphatic carbocycles. The van der Waals surface area contributed by atoms with Gasteiger partial charge in [0, 0.05) is 11.6 Å². The first-order chi connectivity index (χ1) is 17.5. The fourth-order valence-corrected chi connectivity index (χ4v) is 4.40. The average Bonchev–Trinajstić information content (AvgIpc) is 2.92. The summed E-state index contributed by atoms with van der Waals surface area (Å²) >= 11 is 0. The molecule has 0 saturated heterocycles. The van der Waals surface area contributed by atoms with E-state index < -0.39 is 0 Å². The minimum absolute atomic E-state index is 0.0656. The first-order valence-corrected chi connectivity index (χ1v) is 11.7. The quantitative estimate of drug-likeness (QED) is 0.328. The third kappa shape index (κ3) is 4.53. The van der Waals surface area contributed by atoms with Crippen LogP contribution in [0.25, 0.3) is 16.9 Å². The molecule has 6 nitrogen and oxygen atoms in total. The monoisotopic (exact) mass is 478 g/mol. The van der Waals surface area contributed by atoms with Crippen LogP contribution in [-0.2, 0) is 13.2 Å². The molecular weight excluding hydrogens is 452 g/mol. The first kappa shape index (κ1) is 23.2. The fraction of sp³-hybridized carbons (Fsp3) is 0.133. The van der Waals surface area contributed by atoms with Gasteiger partial charge in [0.05, 0.1) is 18.9 Å². The second-order valence-electron chi connectivity index (χ2n) is 8.58. The number of hydrogen-bond acceptors (Lipinski definition) is 4. The number of nitrogens with zero attached hydrogens (tertiary/aromatic N) is 2.